The lowest BCUT2D eigenvalue weighted by Crippen LogP contribution is -2.26. The van der Waals surface area contributed by atoms with Crippen molar-refractivity contribution in [1.29, 1.82) is 0 Å². The molecule has 2 amide bonds. The summed E-state index contributed by atoms with van der Waals surface area (Å²) in [6, 6.07) is 3.33. The van der Waals surface area contributed by atoms with Crippen molar-refractivity contribution >= 4 is 17.6 Å². The first-order chi connectivity index (χ1) is 9.56. The van der Waals surface area contributed by atoms with Gasteiger partial charge in [-0.15, -0.1) is 0 Å². The van der Waals surface area contributed by atoms with E-state index in [9.17, 15) is 9.59 Å². The number of nitrogens with zero attached hydrogens (tertiary/aromatic N) is 1. The summed E-state index contributed by atoms with van der Waals surface area (Å²) in [6.07, 6.45) is 2.49. The van der Waals surface area contributed by atoms with Crippen LogP contribution in [0.1, 0.15) is 42.2 Å². The zero-order chi connectivity index (χ0) is 15.0. The van der Waals surface area contributed by atoms with Gasteiger partial charge in [0.2, 0.25) is 5.91 Å². The molecule has 0 saturated carbocycles. The van der Waals surface area contributed by atoms with Crippen molar-refractivity contribution in [3.05, 3.63) is 23.4 Å². The number of nitrogens with two attached hydrogens (primary N) is 2. The summed E-state index contributed by atoms with van der Waals surface area (Å²) in [5.41, 5.74) is 8.79. The van der Waals surface area contributed by atoms with Crippen LogP contribution in [-0.2, 0) is 11.2 Å². The van der Waals surface area contributed by atoms with E-state index in [1.54, 1.807) is 12.1 Å². The van der Waals surface area contributed by atoms with Crippen LogP contribution in [0, 0.1) is 0 Å². The largest absolute Gasteiger partial charge is 0.370 e. The predicted octanol–water partition coefficient (Wildman–Crippen LogP) is 0.315. The molecule has 1 aromatic rings. The van der Waals surface area contributed by atoms with Crippen molar-refractivity contribution in [3.63, 3.8) is 0 Å². The van der Waals surface area contributed by atoms with Gasteiger partial charge in [0, 0.05) is 24.2 Å². The Balaban J connectivity index is 2.66. The molecule has 0 aliphatic carbocycles. The third kappa shape index (κ3) is 5.23. The summed E-state index contributed by atoms with van der Waals surface area (Å²) in [7, 11) is 0. The second kappa shape index (κ2) is 8.11. The molecule has 0 aromatic carbocycles. The molecule has 0 saturated heterocycles. The Kier molecular flexibility index (Phi) is 6.45. The van der Waals surface area contributed by atoms with Crippen LogP contribution in [-0.4, -0.2) is 23.3 Å². The van der Waals surface area contributed by atoms with E-state index < -0.39 is 0 Å². The zero-order valence-electron chi connectivity index (χ0n) is 11.6. The summed E-state index contributed by atoms with van der Waals surface area (Å²) < 4.78 is 0. The number of nitrogen functional groups attached to an aromatic ring is 1. The number of primary amides is 1. The van der Waals surface area contributed by atoms with E-state index in [0.29, 0.717) is 24.3 Å². The van der Waals surface area contributed by atoms with Crippen LogP contribution in [0.25, 0.3) is 0 Å². The average Bonchev–Trinajstić information content (AvgIpc) is 2.43. The molecule has 6 N–H and O–H groups in total. The van der Waals surface area contributed by atoms with Gasteiger partial charge in [-0.05, 0) is 25.0 Å². The molecule has 0 unspecified atom stereocenters. The lowest BCUT2D eigenvalue weighted by Gasteiger charge is -2.08. The van der Waals surface area contributed by atoms with Gasteiger partial charge in [-0.1, -0.05) is 13.3 Å². The molecule has 0 atom stereocenters. The van der Waals surface area contributed by atoms with Crippen molar-refractivity contribution in [1.82, 2.24) is 10.3 Å². The van der Waals surface area contributed by atoms with E-state index >= 15 is 0 Å². The molecular formula is C13H21N5O2. The van der Waals surface area contributed by atoms with E-state index in [2.05, 4.69) is 15.7 Å². The van der Waals surface area contributed by atoms with Gasteiger partial charge in [-0.3, -0.25) is 9.59 Å². The Labute approximate surface area is 118 Å². The molecule has 110 valence electrons. The third-order valence-corrected chi connectivity index (χ3v) is 2.68. The summed E-state index contributed by atoms with van der Waals surface area (Å²) in [6.45, 7) is 2.44. The van der Waals surface area contributed by atoms with Gasteiger partial charge in [0.05, 0.1) is 0 Å². The molecule has 20 heavy (non-hydrogen) atoms. The molecule has 0 aliphatic heterocycles. The maximum Gasteiger partial charge on any atom is 0.251 e. The van der Waals surface area contributed by atoms with Gasteiger partial charge in [0.15, 0.2) is 0 Å². The number of aryl methyl sites for hydroxylation is 1. The number of nitrogens with one attached hydrogen (secondary N) is 2. The fourth-order valence-corrected chi connectivity index (χ4v) is 1.74. The van der Waals surface area contributed by atoms with Gasteiger partial charge in [-0.25, -0.2) is 10.8 Å². The maximum absolute atomic E-state index is 12.0. The van der Waals surface area contributed by atoms with E-state index in [1.807, 2.05) is 6.92 Å². The molecular weight excluding hydrogens is 258 g/mol. The number of carbonyl (C=O) groups excluding carboxylic acids is 2. The van der Waals surface area contributed by atoms with Crippen LogP contribution in [0.15, 0.2) is 12.1 Å². The van der Waals surface area contributed by atoms with Gasteiger partial charge in [0.25, 0.3) is 5.91 Å². The summed E-state index contributed by atoms with van der Waals surface area (Å²) in [4.78, 5) is 26.8. The second-order valence-electron chi connectivity index (χ2n) is 4.45. The summed E-state index contributed by atoms with van der Waals surface area (Å²) in [5.74, 6) is 5.21. The smallest absolute Gasteiger partial charge is 0.251 e. The minimum Gasteiger partial charge on any atom is -0.370 e. The van der Waals surface area contributed by atoms with Crippen molar-refractivity contribution < 1.29 is 9.59 Å². The molecule has 1 aromatic heterocycles. The molecule has 7 heteroatoms. The van der Waals surface area contributed by atoms with Crippen LogP contribution in [0.3, 0.4) is 0 Å². The molecule has 0 bridgehead atoms. The van der Waals surface area contributed by atoms with E-state index in [-0.39, 0.29) is 18.2 Å². The highest BCUT2D eigenvalue weighted by Gasteiger charge is 2.09. The van der Waals surface area contributed by atoms with Crippen molar-refractivity contribution in [2.24, 2.45) is 11.6 Å². The summed E-state index contributed by atoms with van der Waals surface area (Å²) in [5, 5.41) is 2.73. The Bertz CT molecular complexity index is 476. The van der Waals surface area contributed by atoms with Crippen LogP contribution in [0.5, 0.6) is 0 Å². The Hall–Kier alpha value is -2.15. The molecule has 1 heterocycles. The molecule has 0 radical (unpaired) electrons. The van der Waals surface area contributed by atoms with Gasteiger partial charge in [0.1, 0.15) is 5.82 Å². The monoisotopic (exact) mass is 279 g/mol. The highest BCUT2D eigenvalue weighted by molar-refractivity contribution is 5.95. The van der Waals surface area contributed by atoms with E-state index in [1.165, 1.54) is 0 Å². The number of hydrazine groups is 1. The number of hydrogen-bond acceptors (Lipinski definition) is 5. The lowest BCUT2D eigenvalue weighted by atomic mass is 10.1. The fraction of sp³-hybridized carbons (Fsp3) is 0.462. The molecule has 0 fully saturated rings. The SMILES string of the molecule is CCCc1cc(C(=O)NCCCC(N)=O)cc(NN)n1. The topological polar surface area (TPSA) is 123 Å². The maximum atomic E-state index is 12.0. The highest BCUT2D eigenvalue weighted by atomic mass is 16.2. The van der Waals surface area contributed by atoms with Crippen LogP contribution in [0.4, 0.5) is 5.82 Å². The fourth-order valence-electron chi connectivity index (χ4n) is 1.74. The molecule has 0 aliphatic rings. The average molecular weight is 279 g/mol. The van der Waals surface area contributed by atoms with Gasteiger partial charge >= 0.3 is 0 Å². The second-order valence-corrected chi connectivity index (χ2v) is 4.45. The van der Waals surface area contributed by atoms with Crippen molar-refractivity contribution in [3.8, 4) is 0 Å². The zero-order valence-corrected chi connectivity index (χ0v) is 11.6. The van der Waals surface area contributed by atoms with E-state index in [0.717, 1.165) is 18.5 Å². The van der Waals surface area contributed by atoms with Crippen molar-refractivity contribution in [2.45, 2.75) is 32.6 Å². The van der Waals surface area contributed by atoms with Crippen LogP contribution >= 0.6 is 0 Å². The number of rotatable bonds is 8. The quantitative estimate of drug-likeness (QED) is 0.310. The van der Waals surface area contributed by atoms with Gasteiger partial charge in [-0.2, -0.15) is 0 Å². The standard InChI is InChI=1S/C13H21N5O2/c1-2-4-10-7-9(8-12(17-10)18-15)13(20)16-6-3-5-11(14)19/h7-8H,2-6,15H2,1H3,(H2,14,19)(H,16,20)(H,17,18). The highest BCUT2D eigenvalue weighted by Crippen LogP contribution is 2.11. The normalized spacial score (nSPS) is 10.1. The Morgan fingerprint density at radius 1 is 1.35 bits per heavy atom. The minimum atomic E-state index is -0.372. The predicted molar refractivity (Wildman–Crippen MR) is 76.8 cm³/mol. The number of carbonyl (C=O) groups is 2. The first-order valence-corrected chi connectivity index (χ1v) is 6.61. The van der Waals surface area contributed by atoms with E-state index in [4.69, 9.17) is 11.6 Å². The Morgan fingerprint density at radius 2 is 2.10 bits per heavy atom. The van der Waals surface area contributed by atoms with Crippen molar-refractivity contribution in [2.75, 3.05) is 12.0 Å². The number of hydrogen-bond donors (Lipinski definition) is 4. The molecule has 0 spiro atoms. The minimum absolute atomic E-state index is 0.217. The number of pyridine rings is 1. The number of anilines is 1. The molecule has 7 nitrogen and oxygen atoms in total. The first-order valence-electron chi connectivity index (χ1n) is 6.61. The first kappa shape index (κ1) is 15.9. The van der Waals surface area contributed by atoms with Gasteiger partial charge < -0.3 is 16.5 Å². The van der Waals surface area contributed by atoms with Crippen LogP contribution in [0.2, 0.25) is 0 Å². The molecule has 1 rings (SSSR count). The van der Waals surface area contributed by atoms with Crippen LogP contribution < -0.4 is 22.3 Å². The lowest BCUT2D eigenvalue weighted by molar-refractivity contribution is -0.118. The summed E-state index contributed by atoms with van der Waals surface area (Å²) >= 11 is 0. The third-order valence-electron chi connectivity index (χ3n) is 2.68. The number of amides is 2. The number of aromatic nitrogens is 1. The Morgan fingerprint density at radius 3 is 2.70 bits per heavy atom.